The largest absolute Gasteiger partial charge is 0.481 e. The Hall–Kier alpha value is -1.06. The molecule has 2 N–H and O–H groups in total. The molecule has 0 bridgehead atoms. The van der Waals surface area contributed by atoms with Crippen LogP contribution in [0.5, 0.6) is 0 Å². The number of carboxylic acid groups (broad SMARTS) is 1. The second-order valence-electron chi connectivity index (χ2n) is 4.17. The van der Waals surface area contributed by atoms with Gasteiger partial charge in [0.2, 0.25) is 5.91 Å². The van der Waals surface area contributed by atoms with Gasteiger partial charge >= 0.3 is 5.97 Å². The number of carboxylic acids is 1. The molecule has 0 aromatic carbocycles. The van der Waals surface area contributed by atoms with Crippen LogP contribution in [-0.4, -0.2) is 23.5 Å². The summed E-state index contributed by atoms with van der Waals surface area (Å²) < 4.78 is 0. The number of hydrogen-bond donors (Lipinski definition) is 2. The molecule has 0 aliphatic heterocycles. The molecule has 0 atom stereocenters. The van der Waals surface area contributed by atoms with Crippen molar-refractivity contribution in [2.24, 2.45) is 5.41 Å². The van der Waals surface area contributed by atoms with Gasteiger partial charge in [-0.3, -0.25) is 9.59 Å². The third-order valence-electron chi connectivity index (χ3n) is 3.19. The summed E-state index contributed by atoms with van der Waals surface area (Å²) in [6.45, 7) is 5.94. The molecular weight excluding hydrogens is 206 g/mol. The van der Waals surface area contributed by atoms with E-state index < -0.39 is 11.4 Å². The first-order valence-corrected chi connectivity index (χ1v) is 6.02. The molecule has 0 unspecified atom stereocenters. The van der Waals surface area contributed by atoms with Crippen LogP contribution in [0.1, 0.15) is 52.9 Å². The molecule has 16 heavy (non-hydrogen) atoms. The lowest BCUT2D eigenvalue weighted by molar-refractivity contribution is -0.149. The molecule has 0 radical (unpaired) electrons. The van der Waals surface area contributed by atoms with Crippen molar-refractivity contribution in [1.29, 1.82) is 0 Å². The number of carbonyl (C=O) groups is 2. The minimum Gasteiger partial charge on any atom is -0.481 e. The maximum Gasteiger partial charge on any atom is 0.311 e. The van der Waals surface area contributed by atoms with Crippen molar-refractivity contribution in [2.75, 3.05) is 6.54 Å². The van der Waals surface area contributed by atoms with Gasteiger partial charge in [0.15, 0.2) is 0 Å². The number of nitrogens with one attached hydrogen (secondary N) is 1. The lowest BCUT2D eigenvalue weighted by Crippen LogP contribution is -2.42. The zero-order valence-corrected chi connectivity index (χ0v) is 10.5. The smallest absolute Gasteiger partial charge is 0.311 e. The summed E-state index contributed by atoms with van der Waals surface area (Å²) in [6.07, 6.45) is 3.38. The van der Waals surface area contributed by atoms with Crippen molar-refractivity contribution in [1.82, 2.24) is 5.32 Å². The lowest BCUT2D eigenvalue weighted by atomic mass is 9.82. The number of aliphatic carboxylic acids is 1. The van der Waals surface area contributed by atoms with Crippen LogP contribution in [0.15, 0.2) is 0 Å². The summed E-state index contributed by atoms with van der Waals surface area (Å²) in [5.74, 6) is -0.873. The van der Waals surface area contributed by atoms with E-state index in [4.69, 9.17) is 5.11 Å². The Balaban J connectivity index is 4.22. The van der Waals surface area contributed by atoms with E-state index in [9.17, 15) is 9.59 Å². The van der Waals surface area contributed by atoms with Crippen LogP contribution in [-0.2, 0) is 9.59 Å². The quantitative estimate of drug-likeness (QED) is 0.670. The molecule has 4 nitrogen and oxygen atoms in total. The third-order valence-corrected chi connectivity index (χ3v) is 3.19. The van der Waals surface area contributed by atoms with Gasteiger partial charge in [-0.25, -0.2) is 0 Å². The van der Waals surface area contributed by atoms with E-state index in [0.717, 1.165) is 12.8 Å². The van der Waals surface area contributed by atoms with E-state index in [2.05, 4.69) is 5.32 Å². The molecule has 1 amide bonds. The van der Waals surface area contributed by atoms with Gasteiger partial charge in [0.25, 0.3) is 0 Å². The van der Waals surface area contributed by atoms with Crippen molar-refractivity contribution in [2.45, 2.75) is 52.9 Å². The highest BCUT2D eigenvalue weighted by atomic mass is 16.4. The highest BCUT2D eigenvalue weighted by molar-refractivity contribution is 5.79. The molecule has 0 saturated heterocycles. The first-order valence-electron chi connectivity index (χ1n) is 6.02. The van der Waals surface area contributed by atoms with Crippen LogP contribution in [0.25, 0.3) is 0 Å². The highest BCUT2D eigenvalue weighted by Crippen LogP contribution is 2.25. The predicted octanol–water partition coefficient (Wildman–Crippen LogP) is 2.18. The van der Waals surface area contributed by atoms with Crippen LogP contribution < -0.4 is 5.32 Å². The molecule has 0 spiro atoms. The number of unbranched alkanes of at least 4 members (excludes halogenated alkanes) is 1. The fraction of sp³-hybridized carbons (Fsp3) is 0.833. The molecule has 0 rings (SSSR count). The number of rotatable bonds is 8. The second-order valence-corrected chi connectivity index (χ2v) is 4.17. The average Bonchev–Trinajstić information content (AvgIpc) is 2.28. The maximum atomic E-state index is 11.4. The molecule has 0 aromatic rings. The summed E-state index contributed by atoms with van der Waals surface area (Å²) in [6, 6.07) is 0. The summed E-state index contributed by atoms with van der Waals surface area (Å²) in [5.41, 5.74) is -0.804. The summed E-state index contributed by atoms with van der Waals surface area (Å²) in [7, 11) is 0. The van der Waals surface area contributed by atoms with Gasteiger partial charge in [-0.15, -0.1) is 0 Å². The van der Waals surface area contributed by atoms with Crippen LogP contribution >= 0.6 is 0 Å². The topological polar surface area (TPSA) is 66.4 Å². The molecule has 94 valence electrons. The summed E-state index contributed by atoms with van der Waals surface area (Å²) in [4.78, 5) is 22.6. The second kappa shape index (κ2) is 7.25. The molecule has 4 heteroatoms. The fourth-order valence-electron chi connectivity index (χ4n) is 1.57. The van der Waals surface area contributed by atoms with Crippen molar-refractivity contribution < 1.29 is 14.7 Å². The molecule has 0 aliphatic carbocycles. The average molecular weight is 229 g/mol. The molecule has 0 aliphatic rings. The Morgan fingerprint density at radius 1 is 1.19 bits per heavy atom. The molecule has 0 heterocycles. The van der Waals surface area contributed by atoms with Crippen molar-refractivity contribution in [3.05, 3.63) is 0 Å². The van der Waals surface area contributed by atoms with Crippen molar-refractivity contribution in [3.8, 4) is 0 Å². The first kappa shape index (κ1) is 14.9. The molecule has 0 fully saturated rings. The van der Waals surface area contributed by atoms with Crippen molar-refractivity contribution in [3.63, 3.8) is 0 Å². The molecule has 0 aromatic heterocycles. The zero-order valence-electron chi connectivity index (χ0n) is 10.5. The summed E-state index contributed by atoms with van der Waals surface area (Å²) >= 11 is 0. The number of hydrogen-bond acceptors (Lipinski definition) is 2. The fourth-order valence-corrected chi connectivity index (χ4v) is 1.57. The summed E-state index contributed by atoms with van der Waals surface area (Å²) in [5, 5.41) is 11.9. The minimum atomic E-state index is -0.826. The van der Waals surface area contributed by atoms with Gasteiger partial charge in [-0.2, -0.15) is 0 Å². The normalized spacial score (nSPS) is 11.2. The van der Waals surface area contributed by atoms with Gasteiger partial charge in [0, 0.05) is 13.0 Å². The Morgan fingerprint density at radius 3 is 2.12 bits per heavy atom. The Labute approximate surface area is 97.4 Å². The lowest BCUT2D eigenvalue weighted by Gasteiger charge is -2.26. The van der Waals surface area contributed by atoms with E-state index in [0.29, 0.717) is 19.3 Å². The Bertz CT molecular complexity index is 234. The van der Waals surface area contributed by atoms with E-state index in [1.54, 1.807) is 0 Å². The first-order chi connectivity index (χ1) is 7.52. The SMILES string of the molecule is CCCCC(=O)NCC(CC)(CC)C(=O)O. The van der Waals surface area contributed by atoms with Crippen LogP contribution in [0, 0.1) is 5.41 Å². The number of carbonyl (C=O) groups excluding carboxylic acids is 1. The molecule has 0 saturated carbocycles. The molecular formula is C12H23NO3. The van der Waals surface area contributed by atoms with Crippen LogP contribution in [0.2, 0.25) is 0 Å². The van der Waals surface area contributed by atoms with Gasteiger partial charge in [-0.1, -0.05) is 27.2 Å². The van der Waals surface area contributed by atoms with E-state index >= 15 is 0 Å². The van der Waals surface area contributed by atoms with Gasteiger partial charge in [0.1, 0.15) is 0 Å². The minimum absolute atomic E-state index is 0.0469. The highest BCUT2D eigenvalue weighted by Gasteiger charge is 2.34. The van der Waals surface area contributed by atoms with E-state index in [1.807, 2.05) is 20.8 Å². The van der Waals surface area contributed by atoms with Gasteiger partial charge < -0.3 is 10.4 Å². The van der Waals surface area contributed by atoms with Crippen LogP contribution in [0.4, 0.5) is 0 Å². The predicted molar refractivity (Wildman–Crippen MR) is 63.2 cm³/mol. The van der Waals surface area contributed by atoms with E-state index in [1.165, 1.54) is 0 Å². The Morgan fingerprint density at radius 2 is 1.75 bits per heavy atom. The standard InChI is InChI=1S/C12H23NO3/c1-4-7-8-10(14)13-9-12(5-2,6-3)11(15)16/h4-9H2,1-3H3,(H,13,14)(H,15,16). The van der Waals surface area contributed by atoms with Gasteiger partial charge in [-0.05, 0) is 19.3 Å². The maximum absolute atomic E-state index is 11.4. The monoisotopic (exact) mass is 229 g/mol. The Kier molecular flexibility index (Phi) is 6.77. The van der Waals surface area contributed by atoms with Crippen LogP contribution in [0.3, 0.4) is 0 Å². The number of amides is 1. The van der Waals surface area contributed by atoms with Crippen molar-refractivity contribution >= 4 is 11.9 Å². The third kappa shape index (κ3) is 4.21. The zero-order chi connectivity index (χ0) is 12.6. The van der Waals surface area contributed by atoms with Gasteiger partial charge in [0.05, 0.1) is 5.41 Å². The van der Waals surface area contributed by atoms with E-state index in [-0.39, 0.29) is 12.5 Å².